The topological polar surface area (TPSA) is 56.2 Å². The molecule has 2 rings (SSSR count). The molecule has 112 valence electrons. The lowest BCUT2D eigenvalue weighted by molar-refractivity contribution is 0.00586. The van der Waals surface area contributed by atoms with E-state index in [1.165, 1.54) is 10.7 Å². The van der Waals surface area contributed by atoms with Crippen LogP contribution in [0.25, 0.3) is 0 Å². The molecule has 0 saturated heterocycles. The molecule has 2 heterocycles. The number of carbonyl (C=O) groups is 1. The highest BCUT2D eigenvalue weighted by molar-refractivity contribution is 5.88. The molecule has 1 aromatic heterocycles. The Labute approximate surface area is 116 Å². The lowest BCUT2D eigenvalue weighted by atomic mass is 10.1. The van der Waals surface area contributed by atoms with Gasteiger partial charge in [-0.1, -0.05) is 0 Å². The van der Waals surface area contributed by atoms with E-state index in [1.54, 1.807) is 20.8 Å². The molecule has 1 N–H and O–H groups in total. The fourth-order valence-corrected chi connectivity index (χ4v) is 2.17. The molecule has 2 unspecified atom stereocenters. The third kappa shape index (κ3) is 3.08. The highest BCUT2D eigenvalue weighted by atomic mass is 19.3. The van der Waals surface area contributed by atoms with Crippen LogP contribution in [-0.2, 0) is 4.74 Å². The summed E-state index contributed by atoms with van der Waals surface area (Å²) in [6, 6.07) is 0.348. The molecule has 0 bridgehead atoms. The van der Waals surface area contributed by atoms with Crippen LogP contribution in [0.4, 0.5) is 14.6 Å². The number of alkyl halides is 2. The van der Waals surface area contributed by atoms with Crippen LogP contribution in [0, 0.1) is 0 Å². The Morgan fingerprint density at radius 1 is 1.55 bits per heavy atom. The number of aromatic nitrogens is 2. The molecule has 1 aromatic rings. The van der Waals surface area contributed by atoms with Crippen molar-refractivity contribution in [2.45, 2.75) is 58.2 Å². The molecule has 7 heteroatoms. The second kappa shape index (κ2) is 5.03. The number of nitrogens with zero attached hydrogens (tertiary/aromatic N) is 2. The van der Waals surface area contributed by atoms with Crippen molar-refractivity contribution >= 4 is 11.8 Å². The van der Waals surface area contributed by atoms with Crippen molar-refractivity contribution < 1.29 is 18.3 Å². The average Bonchev–Trinajstić information content (AvgIpc) is 2.68. The summed E-state index contributed by atoms with van der Waals surface area (Å²) in [5, 5.41) is 7.01. The minimum Gasteiger partial charge on any atom is -0.455 e. The number of fused-ring (bicyclic) bond motifs is 1. The lowest BCUT2D eigenvalue weighted by Crippen LogP contribution is -2.33. The largest absolute Gasteiger partial charge is 0.455 e. The Hall–Kier alpha value is -1.66. The summed E-state index contributed by atoms with van der Waals surface area (Å²) in [6.45, 7) is 7.04. The van der Waals surface area contributed by atoms with Crippen molar-refractivity contribution in [3.63, 3.8) is 0 Å². The second-order valence-electron chi connectivity index (χ2n) is 6.04. The van der Waals surface area contributed by atoms with Gasteiger partial charge in [-0.25, -0.2) is 18.3 Å². The van der Waals surface area contributed by atoms with E-state index < -0.39 is 24.0 Å². The molecule has 0 saturated carbocycles. The van der Waals surface area contributed by atoms with Crippen molar-refractivity contribution in [3.8, 4) is 0 Å². The molecule has 0 aromatic carbocycles. The van der Waals surface area contributed by atoms with Crippen LogP contribution in [0.3, 0.4) is 0 Å². The van der Waals surface area contributed by atoms with Crippen LogP contribution in [0.2, 0.25) is 0 Å². The first-order valence-corrected chi connectivity index (χ1v) is 6.55. The van der Waals surface area contributed by atoms with E-state index in [2.05, 4.69) is 10.4 Å². The first-order valence-electron chi connectivity index (χ1n) is 6.55. The molecule has 20 heavy (non-hydrogen) atoms. The van der Waals surface area contributed by atoms with E-state index in [1.807, 2.05) is 6.92 Å². The number of rotatable bonds is 2. The quantitative estimate of drug-likeness (QED) is 0.850. The van der Waals surface area contributed by atoms with Gasteiger partial charge in [-0.2, -0.15) is 5.10 Å². The maximum Gasteiger partial charge on any atom is 0.359 e. The van der Waals surface area contributed by atoms with Crippen molar-refractivity contribution in [2.75, 3.05) is 5.32 Å². The number of nitrogens with one attached hydrogen (secondary N) is 1. The lowest BCUT2D eigenvalue weighted by Gasteiger charge is -2.29. The smallest absolute Gasteiger partial charge is 0.359 e. The minimum absolute atomic E-state index is 0.0437. The monoisotopic (exact) mass is 287 g/mol. The maximum absolute atomic E-state index is 13.0. The minimum atomic E-state index is -2.52. The predicted octanol–water partition coefficient (Wildman–Crippen LogP) is 2.85. The van der Waals surface area contributed by atoms with Crippen LogP contribution in [0.15, 0.2) is 6.07 Å². The van der Waals surface area contributed by atoms with Gasteiger partial charge in [0.05, 0.1) is 0 Å². The molecule has 5 nitrogen and oxygen atoms in total. The van der Waals surface area contributed by atoms with Gasteiger partial charge in [-0.05, 0) is 34.1 Å². The summed E-state index contributed by atoms with van der Waals surface area (Å²) in [5.41, 5.74) is -0.605. The summed E-state index contributed by atoms with van der Waals surface area (Å²) in [5.74, 6) is -0.184. The third-order valence-electron chi connectivity index (χ3n) is 2.94. The van der Waals surface area contributed by atoms with Gasteiger partial charge < -0.3 is 10.1 Å². The van der Waals surface area contributed by atoms with Gasteiger partial charge in [0.25, 0.3) is 6.43 Å². The number of anilines is 1. The Morgan fingerprint density at radius 2 is 2.20 bits per heavy atom. The normalized spacial score (nSPS) is 22.4. The van der Waals surface area contributed by atoms with Gasteiger partial charge in [0.2, 0.25) is 0 Å². The molecule has 2 atom stereocenters. The van der Waals surface area contributed by atoms with Crippen molar-refractivity contribution in [2.24, 2.45) is 0 Å². The first-order chi connectivity index (χ1) is 9.17. The maximum atomic E-state index is 13.0. The summed E-state index contributed by atoms with van der Waals surface area (Å²) >= 11 is 0. The van der Waals surface area contributed by atoms with Gasteiger partial charge in [-0.15, -0.1) is 0 Å². The molecule has 0 radical (unpaired) electrons. The molecule has 0 spiro atoms. The molecule has 0 aliphatic carbocycles. The van der Waals surface area contributed by atoms with Crippen LogP contribution in [0.1, 0.15) is 50.6 Å². The summed E-state index contributed by atoms with van der Waals surface area (Å²) in [4.78, 5) is 11.9. The van der Waals surface area contributed by atoms with E-state index >= 15 is 0 Å². The number of carbonyl (C=O) groups excluding carboxylic acids is 1. The molecule has 0 fully saturated rings. The van der Waals surface area contributed by atoms with Crippen LogP contribution in [0.5, 0.6) is 0 Å². The first kappa shape index (κ1) is 14.7. The van der Waals surface area contributed by atoms with Crippen molar-refractivity contribution in [1.29, 1.82) is 0 Å². The van der Waals surface area contributed by atoms with Gasteiger partial charge in [-0.3, -0.25) is 0 Å². The summed E-state index contributed by atoms with van der Waals surface area (Å²) in [7, 11) is 0. The fraction of sp³-hybridized carbons (Fsp3) is 0.692. The van der Waals surface area contributed by atoms with Gasteiger partial charge in [0.15, 0.2) is 5.69 Å². The van der Waals surface area contributed by atoms with Crippen LogP contribution in [-0.4, -0.2) is 33.8 Å². The Balaban J connectivity index is 2.28. The Morgan fingerprint density at radius 3 is 2.75 bits per heavy atom. The zero-order valence-corrected chi connectivity index (χ0v) is 12.0. The average molecular weight is 287 g/mol. The summed E-state index contributed by atoms with van der Waals surface area (Å²) < 4.78 is 32.5. The van der Waals surface area contributed by atoms with Crippen LogP contribution >= 0.6 is 0 Å². The fourth-order valence-electron chi connectivity index (χ4n) is 2.17. The van der Waals surface area contributed by atoms with Gasteiger partial charge in [0.1, 0.15) is 17.5 Å². The zero-order chi connectivity index (χ0) is 15.1. The van der Waals surface area contributed by atoms with E-state index in [-0.39, 0.29) is 18.2 Å². The molecular weight excluding hydrogens is 268 g/mol. The van der Waals surface area contributed by atoms with Gasteiger partial charge >= 0.3 is 5.97 Å². The van der Waals surface area contributed by atoms with E-state index in [0.29, 0.717) is 5.82 Å². The number of hydrogen-bond acceptors (Lipinski definition) is 4. The zero-order valence-electron chi connectivity index (χ0n) is 12.0. The number of halogens is 2. The molecule has 0 amide bonds. The van der Waals surface area contributed by atoms with E-state index in [0.717, 1.165) is 0 Å². The van der Waals surface area contributed by atoms with E-state index in [9.17, 15) is 13.6 Å². The molecule has 1 aliphatic rings. The second-order valence-corrected chi connectivity index (χ2v) is 6.04. The highest BCUT2D eigenvalue weighted by Crippen LogP contribution is 2.32. The van der Waals surface area contributed by atoms with E-state index in [4.69, 9.17) is 4.74 Å². The Kier molecular flexibility index (Phi) is 3.71. The predicted molar refractivity (Wildman–Crippen MR) is 70.1 cm³/mol. The number of esters is 1. The standard InChI is InChI=1S/C13H19F2N3O2/c1-7-5-9(11(14)15)18-10(16-7)6-8(17-18)12(19)20-13(2,3)4/h6-7,9,11,16H,5H2,1-4H3. The van der Waals surface area contributed by atoms with Crippen molar-refractivity contribution in [3.05, 3.63) is 11.8 Å². The number of hydrogen-bond donors (Lipinski definition) is 1. The number of ether oxygens (including phenoxy) is 1. The van der Waals surface area contributed by atoms with Crippen LogP contribution < -0.4 is 5.32 Å². The summed E-state index contributed by atoms with van der Waals surface area (Å²) in [6.07, 6.45) is -2.26. The van der Waals surface area contributed by atoms with Gasteiger partial charge in [0, 0.05) is 12.1 Å². The molecule has 1 aliphatic heterocycles. The highest BCUT2D eigenvalue weighted by Gasteiger charge is 2.33. The van der Waals surface area contributed by atoms with Crippen molar-refractivity contribution in [1.82, 2.24) is 9.78 Å². The third-order valence-corrected chi connectivity index (χ3v) is 2.94. The molecular formula is C13H19F2N3O2. The Bertz CT molecular complexity index is 508. The SMILES string of the molecule is CC1CC(C(F)F)n2nc(C(=O)OC(C)(C)C)cc2N1.